The number of nitrogens with one attached hydrogen (secondary N) is 2. The zero-order valence-electron chi connectivity index (χ0n) is 17.0. The molecule has 0 unspecified atom stereocenters. The molecule has 172 valence electrons. The van der Waals surface area contributed by atoms with Crippen molar-refractivity contribution in [3.8, 4) is 0 Å². The highest BCUT2D eigenvalue weighted by Crippen LogP contribution is 2.34. The lowest BCUT2D eigenvalue weighted by Gasteiger charge is -2.34. The van der Waals surface area contributed by atoms with Crippen LogP contribution in [0, 0.1) is 0 Å². The molecule has 12 heteroatoms. The summed E-state index contributed by atoms with van der Waals surface area (Å²) < 4.78 is 40.2. The van der Waals surface area contributed by atoms with E-state index in [0.29, 0.717) is 26.2 Å². The summed E-state index contributed by atoms with van der Waals surface area (Å²) in [4.78, 5) is 50.9. The first-order chi connectivity index (χ1) is 15.1. The number of alkyl halides is 3. The molecule has 0 spiro atoms. The highest BCUT2D eigenvalue weighted by atomic mass is 19.4. The predicted molar refractivity (Wildman–Crippen MR) is 109 cm³/mol. The van der Waals surface area contributed by atoms with Gasteiger partial charge in [-0.1, -0.05) is 12.1 Å². The van der Waals surface area contributed by atoms with Gasteiger partial charge in [0.25, 0.3) is 11.1 Å². The van der Waals surface area contributed by atoms with Crippen LogP contribution in [0.5, 0.6) is 0 Å². The molecule has 3 rings (SSSR count). The monoisotopic (exact) mass is 453 g/mol. The van der Waals surface area contributed by atoms with Crippen LogP contribution < -0.4 is 16.4 Å². The van der Waals surface area contributed by atoms with E-state index in [-0.39, 0.29) is 31.1 Å². The smallest absolute Gasteiger partial charge is 0.340 e. The lowest BCUT2D eigenvalue weighted by Crippen LogP contribution is -2.50. The van der Waals surface area contributed by atoms with Crippen molar-refractivity contribution < 1.29 is 22.8 Å². The van der Waals surface area contributed by atoms with E-state index in [4.69, 9.17) is 0 Å². The molecule has 0 bridgehead atoms. The van der Waals surface area contributed by atoms with Crippen LogP contribution in [0.3, 0.4) is 0 Å². The van der Waals surface area contributed by atoms with Crippen LogP contribution in [0.25, 0.3) is 0 Å². The molecule has 1 aromatic heterocycles. The number of nitrogens with zero attached hydrogens (tertiary/aromatic N) is 3. The van der Waals surface area contributed by atoms with Crippen LogP contribution in [-0.2, 0) is 22.3 Å². The number of carbonyl (C=O) groups is 2. The molecule has 2 N–H and O–H groups in total. The Bertz CT molecular complexity index is 1090. The van der Waals surface area contributed by atoms with Crippen molar-refractivity contribution in [2.75, 3.05) is 38.0 Å². The van der Waals surface area contributed by atoms with Gasteiger partial charge in [-0.05, 0) is 12.1 Å². The summed E-state index contributed by atoms with van der Waals surface area (Å²) >= 11 is 0. The number of aromatic amines is 1. The highest BCUT2D eigenvalue weighted by molar-refractivity contribution is 5.93. The number of H-pyrrole nitrogens is 1. The molecule has 0 atom stereocenters. The van der Waals surface area contributed by atoms with Gasteiger partial charge in [0, 0.05) is 44.7 Å². The van der Waals surface area contributed by atoms with E-state index in [9.17, 15) is 32.3 Å². The molecule has 1 fully saturated rings. The predicted octanol–water partition coefficient (Wildman–Crippen LogP) is 0.728. The van der Waals surface area contributed by atoms with E-state index >= 15 is 0 Å². The summed E-state index contributed by atoms with van der Waals surface area (Å²) in [6.45, 7) is 1.37. The number of benzene rings is 1. The first-order valence-electron chi connectivity index (χ1n) is 9.90. The van der Waals surface area contributed by atoms with Crippen molar-refractivity contribution in [1.82, 2.24) is 19.6 Å². The molecule has 2 amide bonds. The maximum Gasteiger partial charge on any atom is 0.418 e. The van der Waals surface area contributed by atoms with Gasteiger partial charge in [0.05, 0.1) is 24.3 Å². The Morgan fingerprint density at radius 3 is 2.38 bits per heavy atom. The van der Waals surface area contributed by atoms with Gasteiger partial charge in [0.1, 0.15) is 0 Å². The van der Waals surface area contributed by atoms with Gasteiger partial charge in [-0.2, -0.15) is 13.2 Å². The van der Waals surface area contributed by atoms with E-state index in [1.165, 1.54) is 18.2 Å². The highest BCUT2D eigenvalue weighted by Gasteiger charge is 2.33. The zero-order chi connectivity index (χ0) is 23.3. The van der Waals surface area contributed by atoms with Crippen molar-refractivity contribution in [1.29, 1.82) is 0 Å². The number of anilines is 1. The Balaban J connectivity index is 1.47. The van der Waals surface area contributed by atoms with Gasteiger partial charge in [-0.15, -0.1) is 0 Å². The first-order valence-corrected chi connectivity index (χ1v) is 9.90. The van der Waals surface area contributed by atoms with E-state index in [1.54, 1.807) is 9.80 Å². The van der Waals surface area contributed by atoms with Crippen molar-refractivity contribution in [3.05, 3.63) is 62.7 Å². The quantitative estimate of drug-likeness (QED) is 0.671. The van der Waals surface area contributed by atoms with Crippen LogP contribution >= 0.6 is 0 Å². The second-order valence-electron chi connectivity index (χ2n) is 7.30. The number of amides is 2. The van der Waals surface area contributed by atoms with Crippen LogP contribution in [0.1, 0.15) is 12.0 Å². The minimum atomic E-state index is -4.58. The van der Waals surface area contributed by atoms with E-state index in [2.05, 4.69) is 10.4 Å². The molecule has 0 saturated carbocycles. The van der Waals surface area contributed by atoms with Gasteiger partial charge in [0.15, 0.2) is 0 Å². The number of halogens is 3. The van der Waals surface area contributed by atoms with Crippen LogP contribution in [0.2, 0.25) is 0 Å². The third kappa shape index (κ3) is 6.06. The third-order valence-corrected chi connectivity index (χ3v) is 5.04. The molecule has 1 aliphatic rings. The summed E-state index contributed by atoms with van der Waals surface area (Å²) in [6.07, 6.45) is -4.55. The first kappa shape index (κ1) is 23.3. The maximum atomic E-state index is 13.1. The standard InChI is InChI=1S/C20H22F3N5O4/c21-20(22,23)14-3-1-2-4-15(14)24-17(30)13-26-9-11-27(12-10-26)18(31)7-8-28-19(32)6-5-16(29)25-28/h1-6H,7-13H2,(H,24,30)(H,25,29). The molecule has 2 aromatic rings. The van der Waals surface area contributed by atoms with Crippen molar-refractivity contribution in [2.45, 2.75) is 19.1 Å². The van der Waals surface area contributed by atoms with Crippen LogP contribution in [0.15, 0.2) is 46.0 Å². The Labute approximate surface area is 180 Å². The molecule has 1 aromatic carbocycles. The number of aryl methyl sites for hydroxylation is 1. The molecule has 1 aliphatic heterocycles. The number of hydrogen-bond acceptors (Lipinski definition) is 5. The minimum Gasteiger partial charge on any atom is -0.340 e. The Morgan fingerprint density at radius 2 is 1.69 bits per heavy atom. The summed E-state index contributed by atoms with van der Waals surface area (Å²) in [5.74, 6) is -0.779. The molecular weight excluding hydrogens is 431 g/mol. The van der Waals surface area contributed by atoms with Crippen molar-refractivity contribution in [2.24, 2.45) is 0 Å². The Kier molecular flexibility index (Phi) is 7.13. The average Bonchev–Trinajstić information content (AvgIpc) is 2.74. The van der Waals surface area contributed by atoms with Gasteiger partial charge in [-0.25, -0.2) is 4.68 Å². The number of carbonyl (C=O) groups excluding carboxylic acids is 2. The summed E-state index contributed by atoms with van der Waals surface area (Å²) in [7, 11) is 0. The number of hydrogen-bond donors (Lipinski definition) is 2. The summed E-state index contributed by atoms with van der Waals surface area (Å²) in [5.41, 5.74) is -2.07. The van der Waals surface area contributed by atoms with E-state index < -0.39 is 28.8 Å². The Hall–Kier alpha value is -3.41. The molecule has 0 radical (unpaired) electrons. The summed E-state index contributed by atoms with van der Waals surface area (Å²) in [6, 6.07) is 6.99. The lowest BCUT2D eigenvalue weighted by atomic mass is 10.1. The number of rotatable bonds is 6. The Morgan fingerprint density at radius 1 is 1.00 bits per heavy atom. The van der Waals surface area contributed by atoms with Gasteiger partial charge >= 0.3 is 6.18 Å². The van der Waals surface area contributed by atoms with Crippen molar-refractivity contribution in [3.63, 3.8) is 0 Å². The van der Waals surface area contributed by atoms with Gasteiger partial charge in [0.2, 0.25) is 11.8 Å². The topological polar surface area (TPSA) is 108 Å². The largest absolute Gasteiger partial charge is 0.418 e. The van der Waals surface area contributed by atoms with E-state index in [0.717, 1.165) is 22.9 Å². The van der Waals surface area contributed by atoms with Crippen LogP contribution in [-0.4, -0.2) is 64.1 Å². The number of para-hydroxylation sites is 1. The molecule has 32 heavy (non-hydrogen) atoms. The van der Waals surface area contributed by atoms with Gasteiger partial charge in [-0.3, -0.25) is 29.2 Å². The fourth-order valence-electron chi connectivity index (χ4n) is 3.38. The number of piperazine rings is 1. The molecule has 2 heterocycles. The molecular formula is C20H22F3N5O4. The van der Waals surface area contributed by atoms with E-state index in [1.807, 2.05) is 0 Å². The SMILES string of the molecule is O=C(CN1CCN(C(=O)CCn2[nH]c(=O)ccc2=O)CC1)Nc1ccccc1C(F)(F)F. The maximum absolute atomic E-state index is 13.1. The second kappa shape index (κ2) is 9.81. The number of aromatic nitrogens is 2. The molecule has 9 nitrogen and oxygen atoms in total. The van der Waals surface area contributed by atoms with Crippen LogP contribution in [0.4, 0.5) is 18.9 Å². The fourth-order valence-corrected chi connectivity index (χ4v) is 3.38. The third-order valence-electron chi connectivity index (χ3n) is 5.04. The average molecular weight is 453 g/mol. The van der Waals surface area contributed by atoms with Crippen molar-refractivity contribution >= 4 is 17.5 Å². The van der Waals surface area contributed by atoms with Gasteiger partial charge < -0.3 is 10.2 Å². The lowest BCUT2D eigenvalue weighted by molar-refractivity contribution is -0.137. The summed E-state index contributed by atoms with van der Waals surface area (Å²) in [5, 5.41) is 4.65. The second-order valence-corrected chi connectivity index (χ2v) is 7.30. The normalized spacial score (nSPS) is 14.9. The molecule has 0 aliphatic carbocycles. The minimum absolute atomic E-state index is 0.0224. The fraction of sp³-hybridized carbons (Fsp3) is 0.400. The molecule has 1 saturated heterocycles. The zero-order valence-corrected chi connectivity index (χ0v) is 17.0.